The number of nitrogens with one attached hydrogen (secondary N) is 1. The van der Waals surface area contributed by atoms with Gasteiger partial charge in [-0.05, 0) is 30.7 Å². The molecule has 0 aliphatic carbocycles. The van der Waals surface area contributed by atoms with Crippen LogP contribution in [0.1, 0.15) is 24.9 Å². The number of rotatable bonds is 6. The number of hydrogen-bond acceptors (Lipinski definition) is 4. The summed E-state index contributed by atoms with van der Waals surface area (Å²) >= 11 is 11.7. The van der Waals surface area contributed by atoms with E-state index in [4.69, 9.17) is 27.9 Å². The minimum absolute atomic E-state index is 0.0738. The molecule has 2 amide bonds. The van der Waals surface area contributed by atoms with Crippen molar-refractivity contribution in [3.63, 3.8) is 0 Å². The highest BCUT2D eigenvalue weighted by atomic mass is 35.5. The lowest BCUT2D eigenvalue weighted by atomic mass is 10.1. The van der Waals surface area contributed by atoms with Crippen LogP contribution in [0.2, 0.25) is 10.0 Å². The van der Waals surface area contributed by atoms with E-state index in [0.717, 1.165) is 5.56 Å². The Bertz CT molecular complexity index is 920. The fourth-order valence-corrected chi connectivity index (χ4v) is 3.50. The van der Waals surface area contributed by atoms with Gasteiger partial charge in [0.1, 0.15) is 0 Å². The summed E-state index contributed by atoms with van der Waals surface area (Å²) in [6.07, 6.45) is 0.0738. The lowest BCUT2D eigenvalue weighted by molar-refractivity contribution is -0.151. The molecule has 1 N–H and O–H groups in total. The van der Waals surface area contributed by atoms with Gasteiger partial charge in [0.2, 0.25) is 5.91 Å². The minimum atomic E-state index is -0.591. The van der Waals surface area contributed by atoms with Crippen molar-refractivity contribution in [2.24, 2.45) is 5.92 Å². The largest absolute Gasteiger partial charge is 0.455 e. The Labute approximate surface area is 178 Å². The van der Waals surface area contributed by atoms with Crippen LogP contribution in [0.3, 0.4) is 0 Å². The number of nitrogens with zero attached hydrogens (tertiary/aromatic N) is 1. The molecule has 2 aromatic rings. The number of ether oxygens (including phenoxy) is 1. The second-order valence-electron chi connectivity index (χ2n) is 6.82. The van der Waals surface area contributed by atoms with Gasteiger partial charge in [-0.3, -0.25) is 14.4 Å². The third-order valence-electron chi connectivity index (χ3n) is 4.79. The summed E-state index contributed by atoms with van der Waals surface area (Å²) in [5.41, 5.74) is 1.44. The van der Waals surface area contributed by atoms with Crippen LogP contribution < -0.4 is 5.32 Å². The van der Waals surface area contributed by atoms with Crippen LogP contribution in [-0.4, -0.2) is 35.8 Å². The van der Waals surface area contributed by atoms with Crippen LogP contribution in [0.25, 0.3) is 0 Å². The number of hydrogen-bond donors (Lipinski definition) is 1. The maximum absolute atomic E-state index is 12.4. The van der Waals surface area contributed by atoms with E-state index in [2.05, 4.69) is 5.32 Å². The summed E-state index contributed by atoms with van der Waals surface area (Å²) < 4.78 is 5.11. The van der Waals surface area contributed by atoms with E-state index in [1.165, 1.54) is 6.07 Å². The van der Waals surface area contributed by atoms with Crippen molar-refractivity contribution < 1.29 is 19.1 Å². The summed E-state index contributed by atoms with van der Waals surface area (Å²) in [6.45, 7) is 1.74. The third kappa shape index (κ3) is 5.28. The van der Waals surface area contributed by atoms with Crippen molar-refractivity contribution in [1.29, 1.82) is 0 Å². The van der Waals surface area contributed by atoms with E-state index in [1.54, 1.807) is 17.0 Å². The van der Waals surface area contributed by atoms with Gasteiger partial charge in [0, 0.05) is 18.7 Å². The molecular formula is C21H20Cl2N2O4. The summed E-state index contributed by atoms with van der Waals surface area (Å²) in [4.78, 5) is 38.4. The molecule has 0 saturated carbocycles. The van der Waals surface area contributed by atoms with Gasteiger partial charge in [0.15, 0.2) is 6.61 Å². The van der Waals surface area contributed by atoms with Gasteiger partial charge < -0.3 is 15.0 Å². The molecule has 0 spiro atoms. The zero-order valence-electron chi connectivity index (χ0n) is 15.7. The second kappa shape index (κ2) is 9.29. The fraction of sp³-hybridized carbons (Fsp3) is 0.286. The van der Waals surface area contributed by atoms with E-state index < -0.39 is 24.4 Å². The highest BCUT2D eigenvalue weighted by Gasteiger charge is 2.38. The van der Waals surface area contributed by atoms with Crippen molar-refractivity contribution >= 4 is 46.7 Å². The zero-order chi connectivity index (χ0) is 21.0. The molecule has 3 rings (SSSR count). The Morgan fingerprint density at radius 2 is 1.90 bits per heavy atom. The molecule has 1 heterocycles. The molecule has 0 unspecified atom stereocenters. The minimum Gasteiger partial charge on any atom is -0.455 e. The van der Waals surface area contributed by atoms with Crippen LogP contribution in [-0.2, 0) is 19.1 Å². The molecule has 6 nitrogen and oxygen atoms in total. The van der Waals surface area contributed by atoms with Crippen LogP contribution in [0.5, 0.6) is 0 Å². The second-order valence-corrected chi connectivity index (χ2v) is 7.63. The van der Waals surface area contributed by atoms with Crippen LogP contribution in [0, 0.1) is 5.92 Å². The number of anilines is 1. The maximum Gasteiger partial charge on any atom is 0.311 e. The Kier molecular flexibility index (Phi) is 6.77. The molecule has 0 bridgehead atoms. The van der Waals surface area contributed by atoms with Gasteiger partial charge in [0.25, 0.3) is 5.91 Å². The number of esters is 1. The Hall–Kier alpha value is -2.57. The smallest absolute Gasteiger partial charge is 0.311 e. The van der Waals surface area contributed by atoms with E-state index in [0.29, 0.717) is 15.7 Å². The molecular weight excluding hydrogens is 415 g/mol. The molecule has 2 atom stereocenters. The fourth-order valence-electron chi connectivity index (χ4n) is 3.20. The van der Waals surface area contributed by atoms with E-state index >= 15 is 0 Å². The third-order valence-corrected chi connectivity index (χ3v) is 5.53. The number of benzene rings is 2. The SMILES string of the molecule is C[C@H](c1ccccc1)N1C[C@@H](C(=O)OCC(=O)Nc2ccc(Cl)c(Cl)c2)CC1=O. The first kappa shape index (κ1) is 21.1. The molecule has 1 saturated heterocycles. The number of carbonyl (C=O) groups excluding carboxylic acids is 3. The molecule has 0 aromatic heterocycles. The van der Waals surface area contributed by atoms with Gasteiger partial charge in [0.05, 0.1) is 22.0 Å². The Balaban J connectivity index is 1.51. The molecule has 2 aromatic carbocycles. The normalized spacial score (nSPS) is 17.1. The van der Waals surface area contributed by atoms with Crippen molar-refractivity contribution in [2.75, 3.05) is 18.5 Å². The molecule has 29 heavy (non-hydrogen) atoms. The Morgan fingerprint density at radius 3 is 2.59 bits per heavy atom. The Morgan fingerprint density at radius 1 is 1.17 bits per heavy atom. The zero-order valence-corrected chi connectivity index (χ0v) is 17.2. The topological polar surface area (TPSA) is 75.7 Å². The molecule has 1 aliphatic rings. The predicted octanol–water partition coefficient (Wildman–Crippen LogP) is 4.08. The highest BCUT2D eigenvalue weighted by Crippen LogP contribution is 2.29. The number of likely N-dealkylation sites (tertiary alicyclic amines) is 1. The van der Waals surface area contributed by atoms with E-state index in [9.17, 15) is 14.4 Å². The summed E-state index contributed by atoms with van der Waals surface area (Å²) in [5, 5.41) is 3.25. The molecule has 8 heteroatoms. The first-order valence-corrected chi connectivity index (χ1v) is 9.86. The monoisotopic (exact) mass is 434 g/mol. The van der Waals surface area contributed by atoms with Gasteiger partial charge in [-0.1, -0.05) is 53.5 Å². The van der Waals surface area contributed by atoms with Crippen LogP contribution in [0.4, 0.5) is 5.69 Å². The molecule has 152 valence electrons. The summed E-state index contributed by atoms with van der Waals surface area (Å²) in [6, 6.07) is 14.1. The molecule has 1 aliphatic heterocycles. The first-order valence-electron chi connectivity index (χ1n) is 9.11. The average Bonchev–Trinajstić information content (AvgIpc) is 3.11. The molecule has 0 radical (unpaired) electrons. The standard InChI is InChI=1S/C21H20Cl2N2O4/c1-13(14-5-3-2-4-6-14)25-11-15(9-20(25)27)21(28)29-12-19(26)24-16-7-8-17(22)18(23)10-16/h2-8,10,13,15H,9,11-12H2,1H3,(H,24,26)/t13-,15+/m1/s1. The quantitative estimate of drug-likeness (QED) is 0.694. The van der Waals surface area contributed by atoms with E-state index in [1.807, 2.05) is 37.3 Å². The van der Waals surface area contributed by atoms with Crippen molar-refractivity contribution in [3.05, 3.63) is 64.1 Å². The molecule has 1 fully saturated rings. The predicted molar refractivity (Wildman–Crippen MR) is 111 cm³/mol. The van der Waals surface area contributed by atoms with Gasteiger partial charge in [-0.25, -0.2) is 0 Å². The summed E-state index contributed by atoms with van der Waals surface area (Å²) in [5.74, 6) is -1.77. The van der Waals surface area contributed by atoms with Gasteiger partial charge in [-0.2, -0.15) is 0 Å². The number of carbonyl (C=O) groups is 3. The van der Waals surface area contributed by atoms with Crippen molar-refractivity contribution in [3.8, 4) is 0 Å². The van der Waals surface area contributed by atoms with Crippen LogP contribution >= 0.6 is 23.2 Å². The van der Waals surface area contributed by atoms with Gasteiger partial charge in [-0.15, -0.1) is 0 Å². The van der Waals surface area contributed by atoms with Crippen molar-refractivity contribution in [2.45, 2.75) is 19.4 Å². The van der Waals surface area contributed by atoms with Crippen LogP contribution in [0.15, 0.2) is 48.5 Å². The lowest BCUT2D eigenvalue weighted by Crippen LogP contribution is -2.30. The van der Waals surface area contributed by atoms with Crippen molar-refractivity contribution in [1.82, 2.24) is 4.90 Å². The maximum atomic E-state index is 12.4. The number of amides is 2. The number of halogens is 2. The highest BCUT2D eigenvalue weighted by molar-refractivity contribution is 6.42. The first-order chi connectivity index (χ1) is 13.8. The lowest BCUT2D eigenvalue weighted by Gasteiger charge is -2.25. The van der Waals surface area contributed by atoms with Gasteiger partial charge >= 0.3 is 5.97 Å². The summed E-state index contributed by atoms with van der Waals surface area (Å²) in [7, 11) is 0. The average molecular weight is 435 g/mol. The van der Waals surface area contributed by atoms with E-state index in [-0.39, 0.29) is 24.9 Å².